The number of anilines is 1. The van der Waals surface area contributed by atoms with Gasteiger partial charge in [0.15, 0.2) is 5.11 Å². The molecule has 0 aliphatic heterocycles. The maximum absolute atomic E-state index is 12.1. The number of nitrogens with one attached hydrogen (secondary N) is 2. The van der Waals surface area contributed by atoms with Crippen LogP contribution < -0.4 is 20.1 Å². The molecule has 1 amide bonds. The van der Waals surface area contributed by atoms with Crippen LogP contribution in [0.2, 0.25) is 0 Å². The lowest BCUT2D eigenvalue weighted by Gasteiger charge is -2.11. The Morgan fingerprint density at radius 3 is 2.71 bits per heavy atom. The summed E-state index contributed by atoms with van der Waals surface area (Å²) in [6, 6.07) is 14.9. The van der Waals surface area contributed by atoms with Crippen LogP contribution in [0.3, 0.4) is 0 Å². The lowest BCUT2D eigenvalue weighted by atomic mass is 10.1. The van der Waals surface area contributed by atoms with Crippen LogP contribution in [0.1, 0.15) is 25.8 Å². The fourth-order valence-corrected chi connectivity index (χ4v) is 2.58. The Bertz CT molecular complexity index is 834. The van der Waals surface area contributed by atoms with E-state index in [1.54, 1.807) is 13.2 Å². The summed E-state index contributed by atoms with van der Waals surface area (Å²) in [5, 5.41) is 5.84. The van der Waals surface area contributed by atoms with Gasteiger partial charge >= 0.3 is 0 Å². The van der Waals surface area contributed by atoms with Gasteiger partial charge < -0.3 is 14.8 Å². The maximum Gasteiger partial charge on any atom is 0.250 e. The Balaban J connectivity index is 1.87. The first-order valence-corrected chi connectivity index (χ1v) is 9.54. The van der Waals surface area contributed by atoms with Crippen LogP contribution in [0.4, 0.5) is 5.69 Å². The van der Waals surface area contributed by atoms with E-state index in [1.807, 2.05) is 48.5 Å². The summed E-state index contributed by atoms with van der Waals surface area (Å²) >= 11 is 5.21. The molecular formula is C22H26N2O3S. The van der Waals surface area contributed by atoms with Gasteiger partial charge in [0.2, 0.25) is 5.91 Å². The smallest absolute Gasteiger partial charge is 0.250 e. The van der Waals surface area contributed by atoms with Crippen molar-refractivity contribution < 1.29 is 14.3 Å². The molecule has 2 rings (SSSR count). The van der Waals surface area contributed by atoms with Gasteiger partial charge in [-0.15, -0.1) is 0 Å². The van der Waals surface area contributed by atoms with E-state index in [-0.39, 0.29) is 11.0 Å². The molecule has 0 saturated carbocycles. The Kier molecular flexibility index (Phi) is 8.49. The number of rotatable bonds is 8. The molecule has 0 aromatic heterocycles. The summed E-state index contributed by atoms with van der Waals surface area (Å²) in [5.74, 6) is 1.72. The van der Waals surface area contributed by atoms with Crippen molar-refractivity contribution >= 4 is 35.0 Å². The Morgan fingerprint density at radius 1 is 1.18 bits per heavy atom. The van der Waals surface area contributed by atoms with Crippen molar-refractivity contribution in [1.82, 2.24) is 5.32 Å². The predicted octanol–water partition coefficient (Wildman–Crippen LogP) is 4.65. The molecule has 2 aromatic rings. The summed E-state index contributed by atoms with van der Waals surface area (Å²) in [4.78, 5) is 12.1. The number of ether oxygens (including phenoxy) is 2. The molecule has 2 aromatic carbocycles. The van der Waals surface area contributed by atoms with Crippen molar-refractivity contribution in [2.45, 2.75) is 20.3 Å². The lowest BCUT2D eigenvalue weighted by Crippen LogP contribution is -2.32. The quantitative estimate of drug-likeness (QED) is 0.501. The van der Waals surface area contributed by atoms with Gasteiger partial charge in [0.1, 0.15) is 11.5 Å². The van der Waals surface area contributed by atoms with Crippen LogP contribution in [-0.4, -0.2) is 24.7 Å². The average Bonchev–Trinajstić information content (AvgIpc) is 2.66. The Morgan fingerprint density at radius 2 is 1.96 bits per heavy atom. The highest BCUT2D eigenvalue weighted by Crippen LogP contribution is 2.19. The van der Waals surface area contributed by atoms with Gasteiger partial charge in [0.05, 0.1) is 13.7 Å². The summed E-state index contributed by atoms with van der Waals surface area (Å²) in [6.45, 7) is 4.98. The number of benzene rings is 2. The number of para-hydroxylation sites is 1. The number of hydrogen-bond acceptors (Lipinski definition) is 4. The molecule has 0 unspecified atom stereocenters. The van der Waals surface area contributed by atoms with Crippen LogP contribution in [0.5, 0.6) is 11.5 Å². The van der Waals surface area contributed by atoms with Gasteiger partial charge in [-0.2, -0.15) is 0 Å². The van der Waals surface area contributed by atoms with Crippen LogP contribution in [-0.2, 0) is 4.79 Å². The van der Waals surface area contributed by atoms with E-state index in [2.05, 4.69) is 24.5 Å². The molecule has 0 bridgehead atoms. The molecule has 5 nitrogen and oxygen atoms in total. The molecule has 6 heteroatoms. The van der Waals surface area contributed by atoms with Crippen LogP contribution in [0.25, 0.3) is 6.08 Å². The number of thiocarbonyl (C=S) groups is 1. The molecule has 28 heavy (non-hydrogen) atoms. The minimum atomic E-state index is -0.326. The number of carbonyl (C=O) groups excluding carboxylic acids is 1. The minimum Gasteiger partial charge on any atom is -0.496 e. The van der Waals surface area contributed by atoms with Gasteiger partial charge in [-0.25, -0.2) is 0 Å². The van der Waals surface area contributed by atoms with Crippen LogP contribution in [0.15, 0.2) is 54.6 Å². The molecule has 0 saturated heterocycles. The first kappa shape index (κ1) is 21.4. The molecule has 0 radical (unpaired) electrons. The Labute approximate surface area is 171 Å². The van der Waals surface area contributed by atoms with Gasteiger partial charge in [0, 0.05) is 23.4 Å². The third kappa shape index (κ3) is 7.40. The molecule has 2 N–H and O–H groups in total. The van der Waals surface area contributed by atoms with Crippen molar-refractivity contribution in [3.05, 3.63) is 60.2 Å². The van der Waals surface area contributed by atoms with Crippen molar-refractivity contribution in [3.63, 3.8) is 0 Å². The number of hydrogen-bond donors (Lipinski definition) is 2. The van der Waals surface area contributed by atoms with E-state index in [4.69, 9.17) is 21.7 Å². The van der Waals surface area contributed by atoms with Crippen molar-refractivity contribution in [2.75, 3.05) is 19.0 Å². The van der Waals surface area contributed by atoms with Crippen molar-refractivity contribution in [3.8, 4) is 11.5 Å². The van der Waals surface area contributed by atoms with Crippen LogP contribution >= 0.6 is 12.2 Å². The van der Waals surface area contributed by atoms with E-state index < -0.39 is 0 Å². The van der Waals surface area contributed by atoms with E-state index in [0.29, 0.717) is 18.3 Å². The standard InChI is InChI=1S/C22H26N2O3S/c1-16(2)13-14-27-19-9-6-8-18(15-19)23-22(28)24-21(25)12-11-17-7-4-5-10-20(17)26-3/h4-12,15-16H,13-14H2,1-3H3,(H2,23,24,25,28)/b12-11+. The molecule has 0 aliphatic carbocycles. The van der Waals surface area contributed by atoms with Crippen molar-refractivity contribution in [1.29, 1.82) is 0 Å². The zero-order valence-corrected chi connectivity index (χ0v) is 17.2. The fourth-order valence-electron chi connectivity index (χ4n) is 2.36. The number of carbonyl (C=O) groups is 1. The van der Waals surface area contributed by atoms with E-state index in [9.17, 15) is 4.79 Å². The molecular weight excluding hydrogens is 372 g/mol. The normalized spacial score (nSPS) is 10.7. The second kappa shape index (κ2) is 11.1. The molecule has 0 fully saturated rings. The molecule has 0 atom stereocenters. The fraction of sp³-hybridized carbons (Fsp3) is 0.273. The highest BCUT2D eigenvalue weighted by molar-refractivity contribution is 7.80. The molecule has 148 valence electrons. The van der Waals surface area contributed by atoms with Gasteiger partial charge in [0.25, 0.3) is 0 Å². The van der Waals surface area contributed by atoms with Gasteiger partial charge in [-0.1, -0.05) is 38.1 Å². The number of methoxy groups -OCH3 is 1. The third-order valence-electron chi connectivity index (χ3n) is 3.85. The van der Waals surface area contributed by atoms with E-state index >= 15 is 0 Å². The second-order valence-corrected chi connectivity index (χ2v) is 6.99. The largest absolute Gasteiger partial charge is 0.496 e. The lowest BCUT2D eigenvalue weighted by molar-refractivity contribution is -0.115. The van der Waals surface area contributed by atoms with Gasteiger partial charge in [-0.05, 0) is 48.8 Å². The van der Waals surface area contributed by atoms with Crippen LogP contribution in [0, 0.1) is 5.92 Å². The maximum atomic E-state index is 12.1. The first-order valence-electron chi connectivity index (χ1n) is 9.14. The highest BCUT2D eigenvalue weighted by Gasteiger charge is 2.04. The van der Waals surface area contributed by atoms with Crippen molar-refractivity contribution in [2.24, 2.45) is 5.92 Å². The Hall–Kier alpha value is -2.86. The third-order valence-corrected chi connectivity index (χ3v) is 4.05. The zero-order valence-electron chi connectivity index (χ0n) is 16.4. The highest BCUT2D eigenvalue weighted by atomic mass is 32.1. The summed E-state index contributed by atoms with van der Waals surface area (Å²) in [7, 11) is 1.59. The zero-order chi connectivity index (χ0) is 20.4. The SMILES string of the molecule is COc1ccccc1/C=C/C(=O)NC(=S)Nc1cccc(OCCC(C)C)c1. The van der Waals surface area contributed by atoms with E-state index in [1.165, 1.54) is 6.08 Å². The average molecular weight is 399 g/mol. The minimum absolute atomic E-state index is 0.217. The first-order chi connectivity index (χ1) is 13.5. The molecule has 0 spiro atoms. The summed E-state index contributed by atoms with van der Waals surface area (Å²) in [5.41, 5.74) is 1.56. The monoisotopic (exact) mass is 398 g/mol. The number of amides is 1. The molecule has 0 aliphatic rings. The predicted molar refractivity (Wildman–Crippen MR) is 118 cm³/mol. The van der Waals surface area contributed by atoms with Gasteiger partial charge in [-0.3, -0.25) is 10.1 Å². The van der Waals surface area contributed by atoms with E-state index in [0.717, 1.165) is 23.4 Å². The summed E-state index contributed by atoms with van der Waals surface area (Å²) in [6.07, 6.45) is 4.09. The summed E-state index contributed by atoms with van der Waals surface area (Å²) < 4.78 is 11.0. The molecule has 0 heterocycles. The second-order valence-electron chi connectivity index (χ2n) is 6.58. The topological polar surface area (TPSA) is 59.6 Å².